The Morgan fingerprint density at radius 1 is 1.57 bits per heavy atom. The number of aliphatic hydroxyl groups excluding tert-OH is 1. The summed E-state index contributed by atoms with van der Waals surface area (Å²) in [6, 6.07) is 5.28. The van der Waals surface area contributed by atoms with Crippen molar-refractivity contribution in [1.82, 2.24) is 0 Å². The predicted octanol–water partition coefficient (Wildman–Crippen LogP) is 2.85. The van der Waals surface area contributed by atoms with Gasteiger partial charge in [0.25, 0.3) is 0 Å². The van der Waals surface area contributed by atoms with Crippen LogP contribution in [0, 0.1) is 0 Å². The van der Waals surface area contributed by atoms with Crippen LogP contribution in [0.5, 0.6) is 5.75 Å². The Kier molecular flexibility index (Phi) is 4.35. The van der Waals surface area contributed by atoms with Gasteiger partial charge in [0.2, 0.25) is 0 Å². The Hall–Kier alpha value is -0.610. The van der Waals surface area contributed by atoms with Crippen molar-refractivity contribution in [3.63, 3.8) is 0 Å². The molecule has 0 spiro atoms. The third kappa shape index (κ3) is 2.96. The molecule has 1 aromatic carbocycles. The lowest BCUT2D eigenvalue weighted by molar-refractivity contribution is 0.189. The lowest BCUT2D eigenvalue weighted by Gasteiger charge is -2.12. The summed E-state index contributed by atoms with van der Waals surface area (Å²) >= 11 is 3.28. The van der Waals surface area contributed by atoms with E-state index in [2.05, 4.69) is 15.9 Å². The van der Waals surface area contributed by atoms with Crippen LogP contribution in [0.3, 0.4) is 0 Å². The zero-order valence-electron chi connectivity index (χ0n) is 7.84. The summed E-state index contributed by atoms with van der Waals surface area (Å²) in [5.74, 6) is 0.520. The highest BCUT2D eigenvalue weighted by atomic mass is 79.9. The minimum atomic E-state index is -0.613. The molecular weight excluding hydrogens is 251 g/mol. The summed E-state index contributed by atoms with van der Waals surface area (Å²) in [5, 5.41) is 9.41. The van der Waals surface area contributed by atoms with E-state index < -0.39 is 12.8 Å². The predicted molar refractivity (Wildman–Crippen MR) is 56.2 cm³/mol. The van der Waals surface area contributed by atoms with Crippen LogP contribution in [-0.4, -0.2) is 18.4 Å². The molecule has 4 heteroatoms. The first-order valence-corrected chi connectivity index (χ1v) is 5.10. The molecule has 0 fully saturated rings. The van der Waals surface area contributed by atoms with E-state index in [1.165, 1.54) is 0 Å². The van der Waals surface area contributed by atoms with E-state index in [9.17, 15) is 9.50 Å². The molecule has 2 nitrogen and oxygen atoms in total. The van der Waals surface area contributed by atoms with Gasteiger partial charge in [-0.05, 0) is 19.1 Å². The summed E-state index contributed by atoms with van der Waals surface area (Å²) in [7, 11) is 0. The fraction of sp³-hybridized carbons (Fsp3) is 0.400. The Balaban J connectivity index is 2.91. The van der Waals surface area contributed by atoms with Crippen molar-refractivity contribution < 1.29 is 14.2 Å². The third-order valence-electron chi connectivity index (χ3n) is 1.76. The van der Waals surface area contributed by atoms with Crippen molar-refractivity contribution in [3.8, 4) is 5.75 Å². The number of hydrogen-bond donors (Lipinski definition) is 1. The van der Waals surface area contributed by atoms with Crippen LogP contribution < -0.4 is 4.74 Å². The third-order valence-corrected chi connectivity index (χ3v) is 2.25. The molecule has 14 heavy (non-hydrogen) atoms. The second kappa shape index (κ2) is 5.32. The second-order valence-corrected chi connectivity index (χ2v) is 3.81. The second-order valence-electron chi connectivity index (χ2n) is 2.90. The molecule has 0 unspecified atom stereocenters. The Morgan fingerprint density at radius 2 is 2.29 bits per heavy atom. The number of benzene rings is 1. The smallest absolute Gasteiger partial charge is 0.126 e. The van der Waals surface area contributed by atoms with Crippen molar-refractivity contribution >= 4 is 15.9 Å². The van der Waals surface area contributed by atoms with E-state index in [1.54, 1.807) is 19.1 Å². The molecule has 0 bridgehead atoms. The number of halogens is 2. The van der Waals surface area contributed by atoms with Crippen molar-refractivity contribution in [3.05, 3.63) is 28.2 Å². The molecular formula is C10H12BrFO2. The van der Waals surface area contributed by atoms with Gasteiger partial charge in [-0.1, -0.05) is 22.0 Å². The maximum atomic E-state index is 11.9. The molecule has 1 rings (SSSR count). The van der Waals surface area contributed by atoms with Gasteiger partial charge in [-0.25, -0.2) is 4.39 Å². The average molecular weight is 263 g/mol. The van der Waals surface area contributed by atoms with Crippen LogP contribution in [0.4, 0.5) is 4.39 Å². The molecule has 0 amide bonds. The molecule has 0 aliphatic rings. The highest BCUT2D eigenvalue weighted by Gasteiger charge is 2.09. The molecule has 78 valence electrons. The normalized spacial score (nSPS) is 12.6. The summed E-state index contributed by atoms with van der Waals surface area (Å²) in [4.78, 5) is 0. The van der Waals surface area contributed by atoms with Gasteiger partial charge in [0.05, 0.1) is 6.10 Å². The minimum absolute atomic E-state index is 0.0101. The van der Waals surface area contributed by atoms with Gasteiger partial charge in [-0.3, -0.25) is 0 Å². The van der Waals surface area contributed by atoms with Crippen LogP contribution in [0.15, 0.2) is 22.7 Å². The summed E-state index contributed by atoms with van der Waals surface area (Å²) < 4.78 is 17.9. The Bertz CT molecular complexity index is 302. The van der Waals surface area contributed by atoms with Gasteiger partial charge in [0, 0.05) is 10.0 Å². The van der Waals surface area contributed by atoms with Crippen LogP contribution in [0.1, 0.15) is 18.6 Å². The molecule has 1 aromatic rings. The van der Waals surface area contributed by atoms with Crippen molar-refractivity contribution in [1.29, 1.82) is 0 Å². The molecule has 0 saturated carbocycles. The van der Waals surface area contributed by atoms with E-state index in [4.69, 9.17) is 4.74 Å². The lowest BCUT2D eigenvalue weighted by atomic mass is 10.1. The molecule has 0 heterocycles. The maximum Gasteiger partial charge on any atom is 0.126 e. The molecule has 1 N–H and O–H groups in total. The van der Waals surface area contributed by atoms with Gasteiger partial charge in [-0.15, -0.1) is 0 Å². The van der Waals surface area contributed by atoms with Gasteiger partial charge >= 0.3 is 0 Å². The standard InChI is InChI=1S/C10H12BrFO2/c1-7(13)9-3-2-8(11)6-10(9)14-5-4-12/h2-3,6-7,13H,4-5H2,1H3/t7-/m0/s1. The highest BCUT2D eigenvalue weighted by molar-refractivity contribution is 9.10. The molecule has 0 saturated heterocycles. The number of aliphatic hydroxyl groups is 1. The molecule has 0 aliphatic carbocycles. The van der Waals surface area contributed by atoms with Crippen molar-refractivity contribution in [2.45, 2.75) is 13.0 Å². The van der Waals surface area contributed by atoms with Crippen molar-refractivity contribution in [2.24, 2.45) is 0 Å². The zero-order chi connectivity index (χ0) is 10.6. The fourth-order valence-electron chi connectivity index (χ4n) is 1.13. The number of rotatable bonds is 4. The van der Waals surface area contributed by atoms with Gasteiger partial charge in [0.1, 0.15) is 19.0 Å². The summed E-state index contributed by atoms with van der Waals surface area (Å²) in [6.07, 6.45) is -0.613. The quantitative estimate of drug-likeness (QED) is 0.905. The summed E-state index contributed by atoms with van der Waals surface area (Å²) in [6.45, 7) is 1.12. The van der Waals surface area contributed by atoms with Crippen LogP contribution in [0.2, 0.25) is 0 Å². The van der Waals surface area contributed by atoms with Crippen LogP contribution in [-0.2, 0) is 0 Å². The largest absolute Gasteiger partial charge is 0.490 e. The number of alkyl halides is 1. The van der Waals surface area contributed by atoms with Gasteiger partial charge in [0.15, 0.2) is 0 Å². The Morgan fingerprint density at radius 3 is 2.86 bits per heavy atom. The Labute approximate surface area is 90.8 Å². The SMILES string of the molecule is C[C@H](O)c1ccc(Br)cc1OCCF. The monoisotopic (exact) mass is 262 g/mol. The van der Waals surface area contributed by atoms with E-state index in [0.29, 0.717) is 11.3 Å². The molecule has 0 aliphatic heterocycles. The lowest BCUT2D eigenvalue weighted by Crippen LogP contribution is -2.03. The average Bonchev–Trinajstić information content (AvgIpc) is 2.14. The van der Waals surface area contributed by atoms with Gasteiger partial charge < -0.3 is 9.84 Å². The first kappa shape index (κ1) is 11.5. The molecule has 1 atom stereocenters. The van der Waals surface area contributed by atoms with E-state index in [-0.39, 0.29) is 6.61 Å². The minimum Gasteiger partial charge on any atom is -0.490 e. The summed E-state index contributed by atoms with van der Waals surface area (Å²) in [5.41, 5.74) is 0.668. The topological polar surface area (TPSA) is 29.5 Å². The van der Waals surface area contributed by atoms with Crippen LogP contribution >= 0.6 is 15.9 Å². The van der Waals surface area contributed by atoms with Crippen molar-refractivity contribution in [2.75, 3.05) is 13.3 Å². The first-order chi connectivity index (χ1) is 6.65. The number of ether oxygens (including phenoxy) is 1. The molecule has 0 aromatic heterocycles. The van der Waals surface area contributed by atoms with E-state index >= 15 is 0 Å². The van der Waals surface area contributed by atoms with Crippen LogP contribution in [0.25, 0.3) is 0 Å². The maximum absolute atomic E-state index is 11.9. The fourth-order valence-corrected chi connectivity index (χ4v) is 1.47. The van der Waals surface area contributed by atoms with E-state index in [1.807, 2.05) is 6.07 Å². The highest BCUT2D eigenvalue weighted by Crippen LogP contribution is 2.28. The number of hydrogen-bond acceptors (Lipinski definition) is 2. The molecule has 0 radical (unpaired) electrons. The van der Waals surface area contributed by atoms with Gasteiger partial charge in [-0.2, -0.15) is 0 Å². The first-order valence-electron chi connectivity index (χ1n) is 4.31. The zero-order valence-corrected chi connectivity index (χ0v) is 9.42. The van der Waals surface area contributed by atoms with E-state index in [0.717, 1.165) is 4.47 Å².